The van der Waals surface area contributed by atoms with Gasteiger partial charge >= 0.3 is 5.97 Å². The highest BCUT2D eigenvalue weighted by molar-refractivity contribution is 5.94. The predicted molar refractivity (Wildman–Crippen MR) is 102 cm³/mol. The first-order valence-corrected chi connectivity index (χ1v) is 8.35. The van der Waals surface area contributed by atoms with E-state index in [1.54, 1.807) is 36.4 Å². The van der Waals surface area contributed by atoms with Gasteiger partial charge in [-0.25, -0.2) is 14.6 Å². The molecule has 28 heavy (non-hydrogen) atoms. The van der Waals surface area contributed by atoms with Gasteiger partial charge in [0.1, 0.15) is 11.6 Å². The fraction of sp³-hybridized carbons (Fsp3) is 0.0476. The number of ether oxygens (including phenoxy) is 1. The molecule has 1 aromatic heterocycles. The summed E-state index contributed by atoms with van der Waals surface area (Å²) >= 11 is 0. The van der Waals surface area contributed by atoms with Crippen LogP contribution >= 0.6 is 0 Å². The van der Waals surface area contributed by atoms with E-state index in [0.29, 0.717) is 11.1 Å². The molecule has 2 aromatic carbocycles. The number of hydrogen-bond donors (Lipinski definition) is 1. The molecular formula is C21H16FN3O3. The maximum atomic E-state index is 13.2. The summed E-state index contributed by atoms with van der Waals surface area (Å²) in [5.74, 6) is -1.31. The minimum Gasteiger partial charge on any atom is -0.423 e. The number of nitrogens with zero attached hydrogens (tertiary/aromatic N) is 2. The molecule has 140 valence electrons. The van der Waals surface area contributed by atoms with Crippen molar-refractivity contribution in [3.8, 4) is 5.75 Å². The minimum atomic E-state index is -0.672. The quantitative estimate of drug-likeness (QED) is 0.319. The second kappa shape index (κ2) is 8.68. The zero-order valence-electron chi connectivity index (χ0n) is 14.9. The Balaban J connectivity index is 1.62. The Morgan fingerprint density at radius 2 is 1.89 bits per heavy atom. The molecule has 0 spiro atoms. The van der Waals surface area contributed by atoms with Crippen LogP contribution in [0.1, 0.15) is 32.0 Å². The van der Waals surface area contributed by atoms with Crippen LogP contribution < -0.4 is 10.2 Å². The van der Waals surface area contributed by atoms with Crippen LogP contribution in [0.25, 0.3) is 0 Å². The molecule has 0 aliphatic rings. The molecule has 0 aliphatic carbocycles. The van der Waals surface area contributed by atoms with Crippen molar-refractivity contribution in [3.63, 3.8) is 0 Å². The van der Waals surface area contributed by atoms with Crippen molar-refractivity contribution in [2.75, 3.05) is 0 Å². The Morgan fingerprint density at radius 1 is 1.07 bits per heavy atom. The molecule has 0 saturated heterocycles. The zero-order valence-corrected chi connectivity index (χ0v) is 14.9. The summed E-state index contributed by atoms with van der Waals surface area (Å²) < 4.78 is 18.5. The van der Waals surface area contributed by atoms with Crippen LogP contribution in [0.15, 0.2) is 72.0 Å². The van der Waals surface area contributed by atoms with Gasteiger partial charge in [0.05, 0.1) is 17.3 Å². The van der Waals surface area contributed by atoms with Crippen LogP contribution in [0.4, 0.5) is 4.39 Å². The molecule has 1 amide bonds. The van der Waals surface area contributed by atoms with Crippen molar-refractivity contribution < 1.29 is 18.7 Å². The highest BCUT2D eigenvalue weighted by Crippen LogP contribution is 2.15. The van der Waals surface area contributed by atoms with E-state index in [9.17, 15) is 14.0 Å². The van der Waals surface area contributed by atoms with Crippen molar-refractivity contribution in [2.45, 2.75) is 6.92 Å². The molecule has 6 nitrogen and oxygen atoms in total. The lowest BCUT2D eigenvalue weighted by atomic mass is 10.2. The highest BCUT2D eigenvalue weighted by Gasteiger charge is 2.09. The molecule has 0 radical (unpaired) electrons. The van der Waals surface area contributed by atoms with Gasteiger partial charge in [-0.1, -0.05) is 18.2 Å². The number of aryl methyl sites for hydroxylation is 1. The molecule has 1 N–H and O–H groups in total. The van der Waals surface area contributed by atoms with Crippen LogP contribution in [0, 0.1) is 12.7 Å². The second-order valence-electron chi connectivity index (χ2n) is 5.86. The Kier molecular flexibility index (Phi) is 5.86. The van der Waals surface area contributed by atoms with Crippen molar-refractivity contribution >= 4 is 18.1 Å². The van der Waals surface area contributed by atoms with Crippen LogP contribution in [-0.2, 0) is 0 Å². The Labute approximate surface area is 160 Å². The van der Waals surface area contributed by atoms with E-state index in [1.165, 1.54) is 30.6 Å². The summed E-state index contributed by atoms with van der Waals surface area (Å²) in [4.78, 5) is 28.1. The molecular weight excluding hydrogens is 361 g/mol. The first-order valence-electron chi connectivity index (χ1n) is 8.35. The van der Waals surface area contributed by atoms with E-state index < -0.39 is 17.7 Å². The van der Waals surface area contributed by atoms with E-state index in [1.807, 2.05) is 6.92 Å². The molecule has 0 saturated carbocycles. The number of halogens is 1. The number of carbonyl (C=O) groups excluding carboxylic acids is 2. The summed E-state index contributed by atoms with van der Waals surface area (Å²) in [5, 5.41) is 3.89. The molecule has 0 unspecified atom stereocenters. The van der Waals surface area contributed by atoms with Crippen LogP contribution in [0.3, 0.4) is 0 Å². The third-order valence-electron chi connectivity index (χ3n) is 3.68. The fourth-order valence-corrected chi connectivity index (χ4v) is 2.27. The van der Waals surface area contributed by atoms with Gasteiger partial charge in [0.2, 0.25) is 0 Å². The standard InChI is InChI=1S/C21H16FN3O3/c1-14-8-9-17(13-23-14)20(26)25-24-12-15-4-2-7-19(10-15)28-21(27)16-5-3-6-18(22)11-16/h2-13H,1H3,(H,25,26)/b24-12+. The van der Waals surface area contributed by atoms with Crippen molar-refractivity contribution in [1.29, 1.82) is 0 Å². The summed E-state index contributed by atoms with van der Waals surface area (Å²) in [7, 11) is 0. The number of hydrogen-bond acceptors (Lipinski definition) is 5. The number of hydrazone groups is 1. The topological polar surface area (TPSA) is 80.6 Å². The summed E-state index contributed by atoms with van der Waals surface area (Å²) in [6.07, 6.45) is 2.88. The maximum absolute atomic E-state index is 13.2. The lowest BCUT2D eigenvalue weighted by Crippen LogP contribution is -2.17. The third-order valence-corrected chi connectivity index (χ3v) is 3.68. The average Bonchev–Trinajstić information content (AvgIpc) is 2.69. The van der Waals surface area contributed by atoms with Gasteiger partial charge in [0.25, 0.3) is 5.91 Å². The molecule has 7 heteroatoms. The molecule has 3 aromatic rings. The van der Waals surface area contributed by atoms with Gasteiger partial charge in [-0.2, -0.15) is 5.10 Å². The number of benzene rings is 2. The van der Waals surface area contributed by atoms with E-state index in [4.69, 9.17) is 4.74 Å². The number of esters is 1. The number of nitrogens with one attached hydrogen (secondary N) is 1. The number of carbonyl (C=O) groups is 2. The molecule has 0 bridgehead atoms. The van der Waals surface area contributed by atoms with Crippen LogP contribution in [0.5, 0.6) is 5.75 Å². The SMILES string of the molecule is Cc1ccc(C(=O)N/N=C/c2cccc(OC(=O)c3cccc(F)c3)c2)cn1. The van der Waals surface area contributed by atoms with Crippen molar-refractivity contribution in [3.05, 3.63) is 95.1 Å². The molecule has 0 fully saturated rings. The summed E-state index contributed by atoms with van der Waals surface area (Å²) in [5.41, 5.74) is 4.31. The maximum Gasteiger partial charge on any atom is 0.343 e. The van der Waals surface area contributed by atoms with E-state index in [2.05, 4.69) is 15.5 Å². The van der Waals surface area contributed by atoms with Crippen LogP contribution in [0.2, 0.25) is 0 Å². The number of aromatic nitrogens is 1. The normalized spacial score (nSPS) is 10.6. The van der Waals surface area contributed by atoms with E-state index in [0.717, 1.165) is 11.8 Å². The Bertz CT molecular complexity index is 1030. The molecule has 1 heterocycles. The zero-order chi connectivity index (χ0) is 19.9. The number of amides is 1. The van der Waals surface area contributed by atoms with Gasteiger partial charge < -0.3 is 4.74 Å². The van der Waals surface area contributed by atoms with Crippen LogP contribution in [-0.4, -0.2) is 23.1 Å². The fourth-order valence-electron chi connectivity index (χ4n) is 2.27. The first-order chi connectivity index (χ1) is 13.5. The number of rotatable bonds is 5. The molecule has 3 rings (SSSR count). The largest absolute Gasteiger partial charge is 0.423 e. The van der Waals surface area contributed by atoms with Crippen molar-refractivity contribution in [2.24, 2.45) is 5.10 Å². The molecule has 0 atom stereocenters. The number of pyridine rings is 1. The monoisotopic (exact) mass is 377 g/mol. The highest BCUT2D eigenvalue weighted by atomic mass is 19.1. The lowest BCUT2D eigenvalue weighted by molar-refractivity contribution is 0.0734. The first kappa shape index (κ1) is 18.9. The van der Waals surface area contributed by atoms with Crippen molar-refractivity contribution in [1.82, 2.24) is 10.4 Å². The van der Waals surface area contributed by atoms with Gasteiger partial charge in [0.15, 0.2) is 0 Å². The Morgan fingerprint density at radius 3 is 2.64 bits per heavy atom. The smallest absolute Gasteiger partial charge is 0.343 e. The third kappa shape index (κ3) is 5.07. The molecule has 0 aliphatic heterocycles. The summed E-state index contributed by atoms with van der Waals surface area (Å²) in [6.45, 7) is 1.83. The lowest BCUT2D eigenvalue weighted by Gasteiger charge is -2.05. The summed E-state index contributed by atoms with van der Waals surface area (Å²) in [6, 6.07) is 15.2. The predicted octanol–water partition coefficient (Wildman–Crippen LogP) is 3.51. The van der Waals surface area contributed by atoms with E-state index in [-0.39, 0.29) is 11.3 Å². The Hall–Kier alpha value is -3.87. The van der Waals surface area contributed by atoms with Gasteiger partial charge in [-0.3, -0.25) is 9.78 Å². The van der Waals surface area contributed by atoms with Gasteiger partial charge in [-0.05, 0) is 55.0 Å². The minimum absolute atomic E-state index is 0.109. The van der Waals surface area contributed by atoms with Gasteiger partial charge in [0, 0.05) is 11.9 Å². The van der Waals surface area contributed by atoms with E-state index >= 15 is 0 Å². The second-order valence-corrected chi connectivity index (χ2v) is 5.86. The van der Waals surface area contributed by atoms with Gasteiger partial charge in [-0.15, -0.1) is 0 Å². The average molecular weight is 377 g/mol.